The van der Waals surface area contributed by atoms with Crippen molar-refractivity contribution in [2.75, 3.05) is 0 Å². The molecular formula is C16H14ClFO2. The number of rotatable bonds is 4. The molecule has 0 bridgehead atoms. The van der Waals surface area contributed by atoms with Crippen LogP contribution in [0.1, 0.15) is 28.4 Å². The van der Waals surface area contributed by atoms with Gasteiger partial charge in [0.2, 0.25) is 0 Å². The first kappa shape index (κ1) is 14.5. The van der Waals surface area contributed by atoms with E-state index in [0.717, 1.165) is 5.56 Å². The van der Waals surface area contributed by atoms with Crippen LogP contribution in [0.4, 0.5) is 4.39 Å². The summed E-state index contributed by atoms with van der Waals surface area (Å²) in [7, 11) is 0. The normalized spacial score (nSPS) is 10.4. The van der Waals surface area contributed by atoms with Crippen LogP contribution in [0.5, 0.6) is 5.75 Å². The second-order valence-electron chi connectivity index (χ2n) is 4.58. The van der Waals surface area contributed by atoms with Crippen molar-refractivity contribution in [1.82, 2.24) is 0 Å². The lowest BCUT2D eigenvalue weighted by atomic mass is 10.1. The number of carbonyl (C=O) groups excluding carboxylic acids is 1. The predicted molar refractivity (Wildman–Crippen MR) is 76.9 cm³/mol. The Bertz CT molecular complexity index is 653. The van der Waals surface area contributed by atoms with Crippen molar-refractivity contribution in [3.05, 3.63) is 63.9 Å². The zero-order chi connectivity index (χ0) is 14.7. The SMILES string of the molecule is CC(=O)c1cc(C)ccc1OCc1ccc(Cl)cc1F. The van der Waals surface area contributed by atoms with Crippen molar-refractivity contribution in [1.29, 1.82) is 0 Å². The highest BCUT2D eigenvalue weighted by molar-refractivity contribution is 6.30. The summed E-state index contributed by atoms with van der Waals surface area (Å²) in [5, 5.41) is 0.339. The van der Waals surface area contributed by atoms with Gasteiger partial charge in [-0.2, -0.15) is 0 Å². The molecule has 2 rings (SSSR count). The topological polar surface area (TPSA) is 26.3 Å². The van der Waals surface area contributed by atoms with Crippen LogP contribution in [0, 0.1) is 12.7 Å². The average Bonchev–Trinajstić information content (AvgIpc) is 2.38. The number of ketones is 1. The van der Waals surface area contributed by atoms with Gasteiger partial charge in [-0.25, -0.2) is 4.39 Å². The van der Waals surface area contributed by atoms with Crippen molar-refractivity contribution in [2.45, 2.75) is 20.5 Å². The van der Waals surface area contributed by atoms with Crippen LogP contribution >= 0.6 is 11.6 Å². The standard InChI is InChI=1S/C16H14ClFO2/c1-10-3-6-16(14(7-10)11(2)19)20-9-12-4-5-13(17)8-15(12)18/h3-8H,9H2,1-2H3. The molecule has 0 saturated carbocycles. The summed E-state index contributed by atoms with van der Waals surface area (Å²) < 4.78 is 19.2. The van der Waals surface area contributed by atoms with E-state index in [9.17, 15) is 9.18 Å². The number of benzene rings is 2. The maximum absolute atomic E-state index is 13.6. The van der Waals surface area contributed by atoms with Crippen molar-refractivity contribution in [2.24, 2.45) is 0 Å². The molecule has 0 aromatic heterocycles. The molecule has 2 aromatic carbocycles. The number of ether oxygens (including phenoxy) is 1. The molecule has 0 saturated heterocycles. The van der Waals surface area contributed by atoms with Gasteiger partial charge in [-0.05, 0) is 38.1 Å². The Morgan fingerprint density at radius 1 is 1.25 bits per heavy atom. The van der Waals surface area contributed by atoms with Crippen molar-refractivity contribution in [3.63, 3.8) is 0 Å². The molecule has 2 aromatic rings. The van der Waals surface area contributed by atoms with Gasteiger partial charge >= 0.3 is 0 Å². The summed E-state index contributed by atoms with van der Waals surface area (Å²) in [5.74, 6) is -0.0493. The lowest BCUT2D eigenvalue weighted by molar-refractivity contribution is 0.101. The van der Waals surface area contributed by atoms with E-state index in [4.69, 9.17) is 16.3 Å². The zero-order valence-corrected chi connectivity index (χ0v) is 12.0. The van der Waals surface area contributed by atoms with Gasteiger partial charge in [-0.15, -0.1) is 0 Å². The maximum atomic E-state index is 13.6. The van der Waals surface area contributed by atoms with Gasteiger partial charge in [0.1, 0.15) is 18.2 Å². The minimum Gasteiger partial charge on any atom is -0.488 e. The lowest BCUT2D eigenvalue weighted by Crippen LogP contribution is -2.03. The van der Waals surface area contributed by atoms with Gasteiger partial charge < -0.3 is 4.74 Å². The number of Topliss-reactive ketones (excluding diaryl/α,β-unsaturated/α-hetero) is 1. The van der Waals surface area contributed by atoms with Crippen molar-refractivity contribution < 1.29 is 13.9 Å². The quantitative estimate of drug-likeness (QED) is 0.772. The Hall–Kier alpha value is -1.87. The Morgan fingerprint density at radius 2 is 2.00 bits per heavy atom. The van der Waals surface area contributed by atoms with Gasteiger partial charge in [-0.3, -0.25) is 4.79 Å². The first-order valence-electron chi connectivity index (χ1n) is 6.15. The summed E-state index contributed by atoms with van der Waals surface area (Å²) in [6.07, 6.45) is 0. The fraction of sp³-hybridized carbons (Fsp3) is 0.188. The molecule has 0 spiro atoms. The fourth-order valence-corrected chi connectivity index (χ4v) is 2.00. The number of carbonyl (C=O) groups is 1. The second-order valence-corrected chi connectivity index (χ2v) is 5.02. The van der Waals surface area contributed by atoms with Crippen LogP contribution < -0.4 is 4.74 Å². The van der Waals surface area contributed by atoms with Gasteiger partial charge in [0, 0.05) is 10.6 Å². The summed E-state index contributed by atoms with van der Waals surface area (Å²) >= 11 is 5.69. The highest BCUT2D eigenvalue weighted by atomic mass is 35.5. The van der Waals surface area contributed by atoms with E-state index >= 15 is 0 Å². The second kappa shape index (κ2) is 6.06. The Balaban J connectivity index is 2.20. The molecule has 2 nitrogen and oxygen atoms in total. The van der Waals surface area contributed by atoms with Gasteiger partial charge in [0.15, 0.2) is 5.78 Å². The number of halogens is 2. The molecule has 0 heterocycles. The maximum Gasteiger partial charge on any atom is 0.163 e. The third-order valence-corrected chi connectivity index (χ3v) is 3.15. The largest absolute Gasteiger partial charge is 0.488 e. The number of aryl methyl sites for hydroxylation is 1. The predicted octanol–water partition coefficient (Wildman–Crippen LogP) is 4.57. The van der Waals surface area contributed by atoms with E-state index in [1.165, 1.54) is 13.0 Å². The summed E-state index contributed by atoms with van der Waals surface area (Å²) in [4.78, 5) is 11.6. The van der Waals surface area contributed by atoms with Crippen LogP contribution in [0.15, 0.2) is 36.4 Å². The Kier molecular flexibility index (Phi) is 4.40. The molecular weight excluding hydrogens is 279 g/mol. The molecule has 0 atom stereocenters. The Labute approximate surface area is 122 Å². The van der Waals surface area contributed by atoms with Crippen LogP contribution in [0.3, 0.4) is 0 Å². The molecule has 0 N–H and O–H groups in total. The lowest BCUT2D eigenvalue weighted by Gasteiger charge is -2.11. The first-order valence-corrected chi connectivity index (χ1v) is 6.53. The third-order valence-electron chi connectivity index (χ3n) is 2.91. The molecule has 0 fully saturated rings. The van der Waals surface area contributed by atoms with Crippen LogP contribution in [-0.2, 0) is 6.61 Å². The Morgan fingerprint density at radius 3 is 2.65 bits per heavy atom. The van der Waals surface area contributed by atoms with E-state index in [1.807, 2.05) is 13.0 Å². The fourth-order valence-electron chi connectivity index (χ4n) is 1.84. The molecule has 4 heteroatoms. The highest BCUT2D eigenvalue weighted by Gasteiger charge is 2.10. The van der Waals surface area contributed by atoms with E-state index in [-0.39, 0.29) is 12.4 Å². The molecule has 0 aliphatic rings. The van der Waals surface area contributed by atoms with Crippen LogP contribution in [-0.4, -0.2) is 5.78 Å². The van der Waals surface area contributed by atoms with E-state index in [1.54, 1.807) is 24.3 Å². The summed E-state index contributed by atoms with van der Waals surface area (Å²) in [5.41, 5.74) is 1.86. The van der Waals surface area contributed by atoms with E-state index in [2.05, 4.69) is 0 Å². The molecule has 0 aliphatic heterocycles. The smallest absolute Gasteiger partial charge is 0.163 e. The van der Waals surface area contributed by atoms with E-state index < -0.39 is 5.82 Å². The number of hydrogen-bond donors (Lipinski definition) is 0. The van der Waals surface area contributed by atoms with Gasteiger partial charge in [-0.1, -0.05) is 29.3 Å². The highest BCUT2D eigenvalue weighted by Crippen LogP contribution is 2.23. The van der Waals surface area contributed by atoms with Gasteiger partial charge in [0.05, 0.1) is 5.56 Å². The first-order chi connectivity index (χ1) is 9.47. The minimum atomic E-state index is -0.422. The monoisotopic (exact) mass is 292 g/mol. The van der Waals surface area contributed by atoms with Gasteiger partial charge in [0.25, 0.3) is 0 Å². The molecule has 0 amide bonds. The zero-order valence-electron chi connectivity index (χ0n) is 11.2. The average molecular weight is 293 g/mol. The summed E-state index contributed by atoms with van der Waals surface area (Å²) in [6, 6.07) is 9.74. The molecule has 20 heavy (non-hydrogen) atoms. The van der Waals surface area contributed by atoms with E-state index in [0.29, 0.717) is 21.9 Å². The molecule has 0 unspecified atom stereocenters. The van der Waals surface area contributed by atoms with Crippen LogP contribution in [0.2, 0.25) is 5.02 Å². The van der Waals surface area contributed by atoms with Crippen molar-refractivity contribution in [3.8, 4) is 5.75 Å². The third kappa shape index (κ3) is 3.36. The van der Waals surface area contributed by atoms with Crippen LogP contribution in [0.25, 0.3) is 0 Å². The molecule has 104 valence electrons. The number of hydrogen-bond acceptors (Lipinski definition) is 2. The molecule has 0 aliphatic carbocycles. The molecule has 0 radical (unpaired) electrons. The van der Waals surface area contributed by atoms with Crippen molar-refractivity contribution >= 4 is 17.4 Å². The minimum absolute atomic E-state index is 0.0480. The summed E-state index contributed by atoms with van der Waals surface area (Å²) in [6.45, 7) is 3.42.